The predicted molar refractivity (Wildman–Crippen MR) is 66.3 cm³/mol. The van der Waals surface area contributed by atoms with Gasteiger partial charge >= 0.3 is 0 Å². The molecule has 0 unspecified atom stereocenters. The Balaban J connectivity index is 2.11. The quantitative estimate of drug-likeness (QED) is 0.837. The van der Waals surface area contributed by atoms with Gasteiger partial charge in [-0.1, -0.05) is 19.3 Å². The van der Waals surface area contributed by atoms with Crippen LogP contribution in [-0.2, 0) is 0 Å². The van der Waals surface area contributed by atoms with E-state index in [1.807, 2.05) is 6.07 Å². The summed E-state index contributed by atoms with van der Waals surface area (Å²) in [6, 6.07) is 1.84. The van der Waals surface area contributed by atoms with Crippen LogP contribution in [0.4, 0.5) is 5.82 Å². The summed E-state index contributed by atoms with van der Waals surface area (Å²) in [5.74, 6) is 0.776. The molecule has 2 N–H and O–H groups in total. The monoisotopic (exact) mass is 285 g/mol. The third-order valence-electron chi connectivity index (χ3n) is 3.14. The van der Waals surface area contributed by atoms with Crippen LogP contribution >= 0.6 is 15.9 Å². The van der Waals surface area contributed by atoms with Crippen molar-refractivity contribution < 1.29 is 5.11 Å². The maximum Gasteiger partial charge on any atom is 0.130 e. The smallest absolute Gasteiger partial charge is 0.130 e. The molecule has 1 aromatic heterocycles. The zero-order valence-corrected chi connectivity index (χ0v) is 10.7. The van der Waals surface area contributed by atoms with Gasteiger partial charge < -0.3 is 10.4 Å². The summed E-state index contributed by atoms with van der Waals surface area (Å²) in [7, 11) is 0. The molecule has 1 aliphatic carbocycles. The van der Waals surface area contributed by atoms with Crippen molar-refractivity contribution in [3.05, 3.63) is 17.0 Å². The first kappa shape index (κ1) is 11.8. The van der Waals surface area contributed by atoms with E-state index in [1.165, 1.54) is 25.6 Å². The molecular formula is C11H16BrN3O. The van der Waals surface area contributed by atoms with E-state index in [-0.39, 0.29) is 12.1 Å². The van der Waals surface area contributed by atoms with Gasteiger partial charge in [0.25, 0.3) is 0 Å². The summed E-state index contributed by atoms with van der Waals surface area (Å²) in [6.07, 6.45) is 7.12. The van der Waals surface area contributed by atoms with Crippen LogP contribution in [0.3, 0.4) is 0 Å². The molecule has 0 radical (unpaired) electrons. The van der Waals surface area contributed by atoms with Crippen LogP contribution in [0, 0.1) is 0 Å². The Labute approximate surface area is 104 Å². The molecule has 1 aromatic rings. The largest absolute Gasteiger partial charge is 0.394 e. The number of nitrogens with one attached hydrogen (secondary N) is 1. The summed E-state index contributed by atoms with van der Waals surface area (Å²) < 4.78 is 0.758. The molecule has 4 nitrogen and oxygen atoms in total. The lowest BCUT2D eigenvalue weighted by Gasteiger charge is -2.36. The lowest BCUT2D eigenvalue weighted by molar-refractivity contribution is 0.172. The molecule has 88 valence electrons. The summed E-state index contributed by atoms with van der Waals surface area (Å²) in [5, 5.41) is 12.9. The number of aliphatic hydroxyl groups excluding tert-OH is 1. The van der Waals surface area contributed by atoms with Crippen LogP contribution < -0.4 is 5.32 Å². The fourth-order valence-corrected chi connectivity index (χ4v) is 2.53. The first-order valence-corrected chi connectivity index (χ1v) is 6.40. The molecule has 1 fully saturated rings. The van der Waals surface area contributed by atoms with Crippen molar-refractivity contribution in [1.29, 1.82) is 0 Å². The minimum atomic E-state index is -0.188. The van der Waals surface area contributed by atoms with Crippen LogP contribution in [-0.4, -0.2) is 27.2 Å². The van der Waals surface area contributed by atoms with E-state index in [2.05, 4.69) is 31.2 Å². The predicted octanol–water partition coefficient (Wildman–Crippen LogP) is 2.35. The van der Waals surface area contributed by atoms with Crippen molar-refractivity contribution >= 4 is 21.7 Å². The molecule has 0 saturated heterocycles. The van der Waals surface area contributed by atoms with Crippen molar-refractivity contribution in [2.45, 2.75) is 37.6 Å². The highest BCUT2D eigenvalue weighted by Crippen LogP contribution is 2.31. The van der Waals surface area contributed by atoms with Gasteiger partial charge in [-0.3, -0.25) is 0 Å². The number of anilines is 1. The normalized spacial score (nSPS) is 19.4. The van der Waals surface area contributed by atoms with Gasteiger partial charge in [-0.2, -0.15) is 0 Å². The Morgan fingerprint density at radius 3 is 2.69 bits per heavy atom. The zero-order valence-electron chi connectivity index (χ0n) is 9.12. The van der Waals surface area contributed by atoms with E-state index in [1.54, 1.807) is 0 Å². The van der Waals surface area contributed by atoms with E-state index in [9.17, 15) is 5.11 Å². The maximum atomic E-state index is 9.55. The van der Waals surface area contributed by atoms with E-state index >= 15 is 0 Å². The highest BCUT2D eigenvalue weighted by molar-refractivity contribution is 9.10. The van der Waals surface area contributed by atoms with Gasteiger partial charge in [-0.15, -0.1) is 0 Å². The topological polar surface area (TPSA) is 58.0 Å². The summed E-state index contributed by atoms with van der Waals surface area (Å²) in [5.41, 5.74) is -0.188. The Morgan fingerprint density at radius 2 is 2.06 bits per heavy atom. The van der Waals surface area contributed by atoms with Crippen molar-refractivity contribution in [1.82, 2.24) is 9.97 Å². The minimum Gasteiger partial charge on any atom is -0.394 e. The standard InChI is InChI=1S/C11H16BrN3O/c12-9-6-10(14-8-13-9)15-11(7-16)4-2-1-3-5-11/h6,8,16H,1-5,7H2,(H,13,14,15). The molecule has 0 amide bonds. The van der Waals surface area contributed by atoms with E-state index < -0.39 is 0 Å². The molecule has 1 heterocycles. The first-order valence-electron chi connectivity index (χ1n) is 5.61. The summed E-state index contributed by atoms with van der Waals surface area (Å²) in [4.78, 5) is 8.15. The van der Waals surface area contributed by atoms with Crippen molar-refractivity contribution in [2.75, 3.05) is 11.9 Å². The van der Waals surface area contributed by atoms with Crippen LogP contribution in [0.15, 0.2) is 17.0 Å². The fourth-order valence-electron chi connectivity index (χ4n) is 2.22. The lowest BCUT2D eigenvalue weighted by atomic mass is 9.82. The average molecular weight is 286 g/mol. The van der Waals surface area contributed by atoms with Crippen molar-refractivity contribution in [2.24, 2.45) is 0 Å². The fraction of sp³-hybridized carbons (Fsp3) is 0.636. The average Bonchev–Trinajstić information content (AvgIpc) is 2.30. The number of hydrogen-bond donors (Lipinski definition) is 2. The Bertz CT molecular complexity index is 353. The van der Waals surface area contributed by atoms with Gasteiger partial charge in [0.15, 0.2) is 0 Å². The second kappa shape index (κ2) is 5.10. The number of halogens is 1. The van der Waals surface area contributed by atoms with Gasteiger partial charge in [-0.05, 0) is 28.8 Å². The number of nitrogens with zero attached hydrogens (tertiary/aromatic N) is 2. The van der Waals surface area contributed by atoms with Crippen molar-refractivity contribution in [3.8, 4) is 0 Å². The molecule has 1 saturated carbocycles. The number of hydrogen-bond acceptors (Lipinski definition) is 4. The van der Waals surface area contributed by atoms with Crippen LogP contribution in [0.1, 0.15) is 32.1 Å². The molecule has 0 spiro atoms. The van der Waals surface area contributed by atoms with E-state index in [0.717, 1.165) is 23.3 Å². The molecule has 0 atom stereocenters. The number of aromatic nitrogens is 2. The lowest BCUT2D eigenvalue weighted by Crippen LogP contribution is -2.44. The molecule has 2 rings (SSSR count). The Hall–Kier alpha value is -0.680. The second-order valence-electron chi connectivity index (χ2n) is 4.35. The summed E-state index contributed by atoms with van der Waals surface area (Å²) >= 11 is 3.31. The summed E-state index contributed by atoms with van der Waals surface area (Å²) in [6.45, 7) is 0.161. The zero-order chi connectivity index (χ0) is 11.4. The Morgan fingerprint density at radius 1 is 1.31 bits per heavy atom. The molecule has 0 aromatic carbocycles. The highest BCUT2D eigenvalue weighted by Gasteiger charge is 2.31. The van der Waals surface area contributed by atoms with Crippen LogP contribution in [0.2, 0.25) is 0 Å². The van der Waals surface area contributed by atoms with Gasteiger partial charge in [-0.25, -0.2) is 9.97 Å². The second-order valence-corrected chi connectivity index (χ2v) is 5.16. The molecule has 16 heavy (non-hydrogen) atoms. The SMILES string of the molecule is OCC1(Nc2cc(Br)ncn2)CCCCC1. The third kappa shape index (κ3) is 2.71. The first-order chi connectivity index (χ1) is 7.74. The molecule has 0 aliphatic heterocycles. The van der Waals surface area contributed by atoms with Gasteiger partial charge in [0.2, 0.25) is 0 Å². The number of rotatable bonds is 3. The molecule has 0 bridgehead atoms. The molecule has 1 aliphatic rings. The van der Waals surface area contributed by atoms with Gasteiger partial charge in [0.1, 0.15) is 16.7 Å². The van der Waals surface area contributed by atoms with E-state index in [0.29, 0.717) is 0 Å². The van der Waals surface area contributed by atoms with Gasteiger partial charge in [0.05, 0.1) is 12.1 Å². The maximum absolute atomic E-state index is 9.55. The highest BCUT2D eigenvalue weighted by atomic mass is 79.9. The van der Waals surface area contributed by atoms with Crippen LogP contribution in [0.25, 0.3) is 0 Å². The van der Waals surface area contributed by atoms with Gasteiger partial charge in [0, 0.05) is 6.07 Å². The third-order valence-corrected chi connectivity index (χ3v) is 3.57. The van der Waals surface area contributed by atoms with E-state index in [4.69, 9.17) is 0 Å². The van der Waals surface area contributed by atoms with Crippen LogP contribution in [0.5, 0.6) is 0 Å². The Kier molecular flexibility index (Phi) is 3.76. The minimum absolute atomic E-state index is 0.161. The van der Waals surface area contributed by atoms with Crippen molar-refractivity contribution in [3.63, 3.8) is 0 Å². The molecular weight excluding hydrogens is 270 g/mol. The molecule has 5 heteroatoms. The number of aliphatic hydroxyl groups is 1.